The van der Waals surface area contributed by atoms with Crippen molar-refractivity contribution < 1.29 is 40.0 Å². The largest absolute Gasteiger partial charge is 0.534 e. The highest BCUT2D eigenvalue weighted by Crippen LogP contribution is 2.47. The average molecular weight is 380 g/mol. The highest BCUT2D eigenvalue weighted by molar-refractivity contribution is 7.88. The molecule has 2 rings (SSSR count). The lowest BCUT2D eigenvalue weighted by Crippen LogP contribution is -2.28. The fourth-order valence-electron chi connectivity index (χ4n) is 2.29. The molecule has 0 radical (unpaired) electrons. The maximum Gasteiger partial charge on any atom is 0.534 e. The predicted molar refractivity (Wildman–Crippen MR) is 83.9 cm³/mol. The monoisotopic (exact) mass is 380 g/mol. The molecule has 0 bridgehead atoms. The summed E-state index contributed by atoms with van der Waals surface area (Å²) in [6.07, 6.45) is 0. The Balaban J connectivity index is 2.90. The first-order valence-electron chi connectivity index (χ1n) is 6.79. The zero-order valence-corrected chi connectivity index (χ0v) is 14.5. The van der Waals surface area contributed by atoms with Gasteiger partial charge in [0.05, 0.1) is 21.3 Å². The maximum atomic E-state index is 12.8. The van der Waals surface area contributed by atoms with Crippen LogP contribution in [0.5, 0.6) is 23.0 Å². The summed E-state index contributed by atoms with van der Waals surface area (Å²) in [5.41, 5.74) is -4.98. The molecule has 0 saturated heterocycles. The third kappa shape index (κ3) is 3.39. The van der Waals surface area contributed by atoms with Crippen LogP contribution in [0.4, 0.5) is 13.2 Å². The highest BCUT2D eigenvalue weighted by atomic mass is 32.2. The molecule has 0 aliphatic carbocycles. The lowest BCUT2D eigenvalue weighted by molar-refractivity contribution is -0.0500. The summed E-state index contributed by atoms with van der Waals surface area (Å²) in [4.78, 5) is 0. The molecule has 138 valence electrons. The minimum atomic E-state index is -5.91. The van der Waals surface area contributed by atoms with Crippen molar-refractivity contribution in [1.29, 1.82) is 0 Å². The summed E-state index contributed by atoms with van der Waals surface area (Å²) in [5, 5.41) is 0.375. The van der Waals surface area contributed by atoms with E-state index < -0.39 is 21.4 Å². The number of methoxy groups -OCH3 is 3. The van der Waals surface area contributed by atoms with Crippen LogP contribution in [0.3, 0.4) is 0 Å². The van der Waals surface area contributed by atoms with E-state index in [0.29, 0.717) is 16.7 Å². The second kappa shape index (κ2) is 6.51. The van der Waals surface area contributed by atoms with Gasteiger partial charge in [-0.25, -0.2) is 0 Å². The molecule has 0 atom stereocenters. The Kier molecular flexibility index (Phi) is 4.94. The van der Waals surface area contributed by atoms with Crippen molar-refractivity contribution in [3.05, 3.63) is 23.8 Å². The van der Waals surface area contributed by atoms with E-state index in [2.05, 4.69) is 4.18 Å². The Hall–Kier alpha value is -2.36. The van der Waals surface area contributed by atoms with Crippen molar-refractivity contribution in [3.8, 4) is 23.0 Å². The van der Waals surface area contributed by atoms with Gasteiger partial charge in [0.2, 0.25) is 5.75 Å². The molecule has 0 fully saturated rings. The van der Waals surface area contributed by atoms with E-state index in [1.165, 1.54) is 26.4 Å². The van der Waals surface area contributed by atoms with Crippen LogP contribution in [0.2, 0.25) is 0 Å². The van der Waals surface area contributed by atoms with Gasteiger partial charge in [-0.2, -0.15) is 21.6 Å². The second-order valence-electron chi connectivity index (χ2n) is 4.99. The van der Waals surface area contributed by atoms with Crippen LogP contribution < -0.4 is 18.4 Å². The van der Waals surface area contributed by atoms with Crippen LogP contribution >= 0.6 is 0 Å². The zero-order valence-electron chi connectivity index (χ0n) is 13.7. The topological polar surface area (TPSA) is 71.1 Å². The van der Waals surface area contributed by atoms with E-state index in [-0.39, 0.29) is 16.9 Å². The van der Waals surface area contributed by atoms with Gasteiger partial charge in [-0.05, 0) is 30.7 Å². The van der Waals surface area contributed by atoms with Crippen molar-refractivity contribution in [1.82, 2.24) is 0 Å². The van der Waals surface area contributed by atoms with E-state index in [9.17, 15) is 21.6 Å². The minimum absolute atomic E-state index is 0.00970. The van der Waals surface area contributed by atoms with Gasteiger partial charge in [-0.1, -0.05) is 0 Å². The fraction of sp³-hybridized carbons (Fsp3) is 0.333. The zero-order chi connectivity index (χ0) is 19.0. The molecular formula is C15H15F3O6S. The van der Waals surface area contributed by atoms with Gasteiger partial charge in [0.1, 0.15) is 5.75 Å². The molecule has 0 amide bonds. The van der Waals surface area contributed by atoms with Crippen molar-refractivity contribution in [2.75, 3.05) is 21.3 Å². The summed E-state index contributed by atoms with van der Waals surface area (Å²) >= 11 is 0. The van der Waals surface area contributed by atoms with Crippen LogP contribution in [-0.4, -0.2) is 35.3 Å². The van der Waals surface area contributed by atoms with Gasteiger partial charge < -0.3 is 18.4 Å². The summed E-state index contributed by atoms with van der Waals surface area (Å²) in [6.45, 7) is 1.67. The molecule has 6 nitrogen and oxygen atoms in total. The average Bonchev–Trinajstić information content (AvgIpc) is 2.52. The Morgan fingerprint density at radius 1 is 0.840 bits per heavy atom. The van der Waals surface area contributed by atoms with E-state index in [1.807, 2.05) is 0 Å². The van der Waals surface area contributed by atoms with Crippen molar-refractivity contribution in [2.24, 2.45) is 0 Å². The van der Waals surface area contributed by atoms with E-state index in [4.69, 9.17) is 14.2 Å². The molecule has 25 heavy (non-hydrogen) atoms. The third-order valence-electron chi connectivity index (χ3n) is 3.36. The molecule has 0 aliphatic heterocycles. The Labute approximate surface area is 142 Å². The number of fused-ring (bicyclic) bond motifs is 1. The molecule has 10 heteroatoms. The number of hydrogen-bond donors (Lipinski definition) is 0. The summed E-state index contributed by atoms with van der Waals surface area (Å²) in [6, 6.07) is 4.55. The van der Waals surface area contributed by atoms with Gasteiger partial charge in [0, 0.05) is 10.8 Å². The first-order chi connectivity index (χ1) is 11.6. The van der Waals surface area contributed by atoms with Gasteiger partial charge in [0.15, 0.2) is 11.5 Å². The number of rotatable bonds is 5. The molecule has 0 N–H and O–H groups in total. The molecule has 0 aromatic heterocycles. The lowest BCUT2D eigenvalue weighted by atomic mass is 10.0. The Bertz CT molecular complexity index is 906. The van der Waals surface area contributed by atoms with Crippen LogP contribution in [0.1, 0.15) is 5.56 Å². The van der Waals surface area contributed by atoms with Crippen molar-refractivity contribution in [2.45, 2.75) is 12.4 Å². The normalized spacial score (nSPS) is 12.1. The Morgan fingerprint density at radius 3 is 1.92 bits per heavy atom. The van der Waals surface area contributed by atoms with Gasteiger partial charge >= 0.3 is 15.6 Å². The van der Waals surface area contributed by atoms with Crippen LogP contribution in [0.15, 0.2) is 18.2 Å². The molecule has 2 aromatic carbocycles. The fourth-order valence-corrected chi connectivity index (χ4v) is 2.76. The number of halogens is 3. The number of aryl methyl sites for hydroxylation is 1. The summed E-state index contributed by atoms with van der Waals surface area (Å²) in [7, 11) is -2.12. The van der Waals surface area contributed by atoms with Crippen molar-refractivity contribution in [3.63, 3.8) is 0 Å². The van der Waals surface area contributed by atoms with Gasteiger partial charge in [-0.3, -0.25) is 0 Å². The third-order valence-corrected chi connectivity index (χ3v) is 4.31. The van der Waals surface area contributed by atoms with E-state index in [1.54, 1.807) is 13.0 Å². The van der Waals surface area contributed by atoms with E-state index >= 15 is 0 Å². The van der Waals surface area contributed by atoms with Crippen molar-refractivity contribution >= 4 is 20.9 Å². The summed E-state index contributed by atoms with van der Waals surface area (Å²) in [5.74, 6) is -0.610. The number of benzene rings is 2. The van der Waals surface area contributed by atoms with Gasteiger partial charge in [0.25, 0.3) is 0 Å². The first kappa shape index (κ1) is 19.0. The molecule has 0 saturated carbocycles. The quantitative estimate of drug-likeness (QED) is 0.585. The molecule has 0 heterocycles. The van der Waals surface area contributed by atoms with Gasteiger partial charge in [-0.15, -0.1) is 0 Å². The molecule has 0 aliphatic rings. The smallest absolute Gasteiger partial charge is 0.496 e. The molecular weight excluding hydrogens is 365 g/mol. The highest BCUT2D eigenvalue weighted by Gasteiger charge is 2.49. The number of hydrogen-bond acceptors (Lipinski definition) is 6. The standard InChI is InChI=1S/C15H15F3O6S/c1-8-5-10-9(11(6-8)21-2)7-12(22-3)14(23-4)13(10)24-25(19,20)15(16,17)18/h5-7H,1-4H3. The second-order valence-corrected chi connectivity index (χ2v) is 6.52. The van der Waals surface area contributed by atoms with E-state index in [0.717, 1.165) is 7.11 Å². The predicted octanol–water partition coefficient (Wildman–Crippen LogP) is 3.40. The maximum absolute atomic E-state index is 12.8. The lowest BCUT2D eigenvalue weighted by Gasteiger charge is -2.18. The molecule has 0 spiro atoms. The molecule has 2 aromatic rings. The summed E-state index contributed by atoms with van der Waals surface area (Å²) < 4.78 is 81.0. The first-order valence-corrected chi connectivity index (χ1v) is 8.20. The number of ether oxygens (including phenoxy) is 3. The van der Waals surface area contributed by atoms with Crippen LogP contribution in [0.25, 0.3) is 10.8 Å². The van der Waals surface area contributed by atoms with Crippen LogP contribution in [0, 0.1) is 6.92 Å². The minimum Gasteiger partial charge on any atom is -0.496 e. The molecule has 0 unspecified atom stereocenters. The SMILES string of the molecule is COc1cc2c(OC)cc(C)cc2c(OS(=O)(=O)C(F)(F)F)c1OC. The Morgan fingerprint density at radius 2 is 1.44 bits per heavy atom. The van der Waals surface area contributed by atoms with Crippen LogP contribution in [-0.2, 0) is 10.1 Å². The number of alkyl halides is 3.